The van der Waals surface area contributed by atoms with E-state index < -0.39 is 0 Å². The summed E-state index contributed by atoms with van der Waals surface area (Å²) in [6.45, 7) is 3.40. The molecule has 21 heavy (non-hydrogen) atoms. The molecule has 0 aromatic heterocycles. The van der Waals surface area contributed by atoms with Crippen molar-refractivity contribution < 1.29 is 9.53 Å². The van der Waals surface area contributed by atoms with E-state index >= 15 is 0 Å². The number of hydrogen-bond donors (Lipinski definition) is 0. The lowest BCUT2D eigenvalue weighted by Crippen LogP contribution is -2.30. The molecule has 0 aliphatic carbocycles. The van der Waals surface area contributed by atoms with Crippen LogP contribution in [0, 0.1) is 0 Å². The minimum Gasteiger partial charge on any atom is -0.494 e. The number of carbonyl (C=O) groups excluding carboxylic acids is 1. The van der Waals surface area contributed by atoms with Gasteiger partial charge in [0.2, 0.25) is 5.91 Å². The quantitative estimate of drug-likeness (QED) is 0.861. The Balaban J connectivity index is 1.70. The molecule has 1 aliphatic rings. The van der Waals surface area contributed by atoms with Gasteiger partial charge in [-0.05, 0) is 42.7 Å². The first-order chi connectivity index (χ1) is 10.3. The normalized spacial score (nSPS) is 13.1. The number of para-hydroxylation sites is 1. The van der Waals surface area contributed by atoms with Crippen molar-refractivity contribution in [2.75, 3.05) is 18.1 Å². The fourth-order valence-electron chi connectivity index (χ4n) is 2.74. The predicted octanol–water partition coefficient (Wildman–Crippen LogP) is 3.22. The van der Waals surface area contributed by atoms with Gasteiger partial charge >= 0.3 is 0 Å². The van der Waals surface area contributed by atoms with Gasteiger partial charge in [0, 0.05) is 12.2 Å². The van der Waals surface area contributed by atoms with Gasteiger partial charge in [-0.15, -0.1) is 0 Å². The van der Waals surface area contributed by atoms with Crippen LogP contribution in [-0.4, -0.2) is 19.1 Å². The summed E-state index contributed by atoms with van der Waals surface area (Å²) < 4.78 is 5.42. The van der Waals surface area contributed by atoms with E-state index in [-0.39, 0.29) is 5.91 Å². The molecule has 0 saturated heterocycles. The molecule has 108 valence electrons. The Morgan fingerprint density at radius 2 is 1.90 bits per heavy atom. The molecular weight excluding hydrogens is 262 g/mol. The third-order valence-electron chi connectivity index (χ3n) is 3.78. The summed E-state index contributed by atoms with van der Waals surface area (Å²) in [7, 11) is 0. The lowest BCUT2D eigenvalue weighted by atomic mass is 10.1. The highest BCUT2D eigenvalue weighted by Gasteiger charge is 2.23. The first-order valence-electron chi connectivity index (χ1n) is 7.38. The fourth-order valence-corrected chi connectivity index (χ4v) is 2.74. The van der Waals surface area contributed by atoms with Gasteiger partial charge in [-0.2, -0.15) is 0 Å². The predicted molar refractivity (Wildman–Crippen MR) is 83.8 cm³/mol. The smallest absolute Gasteiger partial charge is 0.231 e. The van der Waals surface area contributed by atoms with E-state index in [9.17, 15) is 4.79 Å². The van der Waals surface area contributed by atoms with Gasteiger partial charge < -0.3 is 9.64 Å². The SMILES string of the molecule is CCOc1ccc(CC(=O)N2CCc3ccccc32)cc1. The lowest BCUT2D eigenvalue weighted by molar-refractivity contribution is -0.117. The monoisotopic (exact) mass is 281 g/mol. The molecule has 1 amide bonds. The Labute approximate surface area is 125 Å². The van der Waals surface area contributed by atoms with Crippen LogP contribution in [0.2, 0.25) is 0 Å². The van der Waals surface area contributed by atoms with Crippen molar-refractivity contribution in [1.82, 2.24) is 0 Å². The lowest BCUT2D eigenvalue weighted by Gasteiger charge is -2.17. The highest BCUT2D eigenvalue weighted by molar-refractivity contribution is 5.96. The van der Waals surface area contributed by atoms with Crippen LogP contribution in [0.5, 0.6) is 5.75 Å². The van der Waals surface area contributed by atoms with Gasteiger partial charge in [0.05, 0.1) is 13.0 Å². The molecule has 2 aromatic rings. The zero-order valence-corrected chi connectivity index (χ0v) is 12.2. The molecule has 3 rings (SSSR count). The molecule has 0 bridgehead atoms. The van der Waals surface area contributed by atoms with Gasteiger partial charge in [-0.3, -0.25) is 4.79 Å². The average Bonchev–Trinajstić information content (AvgIpc) is 2.93. The Morgan fingerprint density at radius 3 is 2.67 bits per heavy atom. The molecule has 2 aromatic carbocycles. The zero-order chi connectivity index (χ0) is 14.7. The van der Waals surface area contributed by atoms with E-state index in [1.807, 2.05) is 54.3 Å². The van der Waals surface area contributed by atoms with E-state index in [1.54, 1.807) is 0 Å². The van der Waals surface area contributed by atoms with Crippen LogP contribution in [0.1, 0.15) is 18.1 Å². The largest absolute Gasteiger partial charge is 0.494 e. The second-order valence-corrected chi connectivity index (χ2v) is 5.18. The molecule has 0 N–H and O–H groups in total. The van der Waals surface area contributed by atoms with Crippen LogP contribution in [0.4, 0.5) is 5.69 Å². The first kappa shape index (κ1) is 13.7. The van der Waals surface area contributed by atoms with Crippen molar-refractivity contribution in [2.45, 2.75) is 19.8 Å². The molecule has 0 radical (unpaired) electrons. The van der Waals surface area contributed by atoms with Crippen LogP contribution < -0.4 is 9.64 Å². The van der Waals surface area contributed by atoms with Gasteiger partial charge in [0.1, 0.15) is 5.75 Å². The molecular formula is C18H19NO2. The Hall–Kier alpha value is -2.29. The number of amides is 1. The number of hydrogen-bond acceptors (Lipinski definition) is 2. The van der Waals surface area contributed by atoms with Crippen molar-refractivity contribution >= 4 is 11.6 Å². The highest BCUT2D eigenvalue weighted by atomic mass is 16.5. The van der Waals surface area contributed by atoms with Crippen molar-refractivity contribution in [3.05, 3.63) is 59.7 Å². The highest BCUT2D eigenvalue weighted by Crippen LogP contribution is 2.28. The summed E-state index contributed by atoms with van der Waals surface area (Å²) in [6.07, 6.45) is 1.38. The third kappa shape index (κ3) is 2.92. The number of benzene rings is 2. The van der Waals surface area contributed by atoms with Crippen LogP contribution in [0.3, 0.4) is 0 Å². The molecule has 0 fully saturated rings. The first-order valence-corrected chi connectivity index (χ1v) is 7.38. The summed E-state index contributed by atoms with van der Waals surface area (Å²) in [5.41, 5.74) is 3.35. The van der Waals surface area contributed by atoms with Gasteiger partial charge in [-0.25, -0.2) is 0 Å². The summed E-state index contributed by atoms with van der Waals surface area (Å²) in [4.78, 5) is 14.4. The van der Waals surface area contributed by atoms with Crippen LogP contribution in [-0.2, 0) is 17.6 Å². The number of rotatable bonds is 4. The molecule has 0 atom stereocenters. The number of nitrogens with zero attached hydrogens (tertiary/aromatic N) is 1. The number of carbonyl (C=O) groups is 1. The summed E-state index contributed by atoms with van der Waals surface area (Å²) >= 11 is 0. The third-order valence-corrected chi connectivity index (χ3v) is 3.78. The number of ether oxygens (including phenoxy) is 1. The molecule has 0 spiro atoms. The molecule has 3 nitrogen and oxygen atoms in total. The Kier molecular flexibility index (Phi) is 3.91. The second-order valence-electron chi connectivity index (χ2n) is 5.18. The molecule has 3 heteroatoms. The summed E-state index contributed by atoms with van der Waals surface area (Å²) in [5, 5.41) is 0. The molecule has 0 unspecified atom stereocenters. The second kappa shape index (κ2) is 6.00. The molecule has 1 aliphatic heterocycles. The van der Waals surface area contributed by atoms with E-state index in [1.165, 1.54) is 5.56 Å². The number of fused-ring (bicyclic) bond motifs is 1. The van der Waals surface area contributed by atoms with Gasteiger partial charge in [0.15, 0.2) is 0 Å². The Morgan fingerprint density at radius 1 is 1.14 bits per heavy atom. The van der Waals surface area contributed by atoms with Crippen molar-refractivity contribution in [1.29, 1.82) is 0 Å². The van der Waals surface area contributed by atoms with Crippen LogP contribution >= 0.6 is 0 Å². The maximum atomic E-state index is 12.5. The zero-order valence-electron chi connectivity index (χ0n) is 12.2. The molecule has 0 saturated carbocycles. The maximum Gasteiger partial charge on any atom is 0.231 e. The topological polar surface area (TPSA) is 29.5 Å². The number of anilines is 1. The van der Waals surface area contributed by atoms with Crippen LogP contribution in [0.15, 0.2) is 48.5 Å². The van der Waals surface area contributed by atoms with E-state index in [0.29, 0.717) is 13.0 Å². The minimum atomic E-state index is 0.157. The standard InChI is InChI=1S/C18H19NO2/c1-2-21-16-9-7-14(8-10-16)13-18(20)19-12-11-15-5-3-4-6-17(15)19/h3-10H,2,11-13H2,1H3. The van der Waals surface area contributed by atoms with E-state index in [4.69, 9.17) is 4.74 Å². The van der Waals surface area contributed by atoms with Crippen molar-refractivity contribution in [3.8, 4) is 5.75 Å². The van der Waals surface area contributed by atoms with Gasteiger partial charge in [-0.1, -0.05) is 30.3 Å². The van der Waals surface area contributed by atoms with E-state index in [2.05, 4.69) is 6.07 Å². The van der Waals surface area contributed by atoms with Crippen molar-refractivity contribution in [2.24, 2.45) is 0 Å². The van der Waals surface area contributed by atoms with Gasteiger partial charge in [0.25, 0.3) is 0 Å². The van der Waals surface area contributed by atoms with Crippen molar-refractivity contribution in [3.63, 3.8) is 0 Å². The average molecular weight is 281 g/mol. The summed E-state index contributed by atoms with van der Waals surface area (Å²) in [6, 6.07) is 15.9. The Bertz CT molecular complexity index is 634. The maximum absolute atomic E-state index is 12.5. The summed E-state index contributed by atoms with van der Waals surface area (Å²) in [5.74, 6) is 1.00. The van der Waals surface area contributed by atoms with Crippen LogP contribution in [0.25, 0.3) is 0 Å². The fraction of sp³-hybridized carbons (Fsp3) is 0.278. The minimum absolute atomic E-state index is 0.157. The molecule has 1 heterocycles. The van der Waals surface area contributed by atoms with E-state index in [0.717, 1.165) is 30.0 Å².